The van der Waals surface area contributed by atoms with Gasteiger partial charge in [-0.1, -0.05) is 23.7 Å². The lowest BCUT2D eigenvalue weighted by Crippen LogP contribution is -2.36. The Morgan fingerprint density at radius 3 is 2.73 bits per heavy atom. The molecule has 2 aromatic rings. The van der Waals surface area contributed by atoms with Crippen LogP contribution in [0.15, 0.2) is 30.3 Å². The van der Waals surface area contributed by atoms with Crippen molar-refractivity contribution in [3.63, 3.8) is 0 Å². The zero-order chi connectivity index (χ0) is 15.9. The minimum absolute atomic E-state index is 0.104. The molecule has 0 atom stereocenters. The fourth-order valence-electron chi connectivity index (χ4n) is 2.01. The van der Waals surface area contributed by atoms with Crippen molar-refractivity contribution < 1.29 is 14.6 Å². The van der Waals surface area contributed by atoms with Gasteiger partial charge in [0, 0.05) is 30.8 Å². The summed E-state index contributed by atoms with van der Waals surface area (Å²) in [6.07, 6.45) is 0. The number of H-pyrrole nitrogens is 1. The van der Waals surface area contributed by atoms with Gasteiger partial charge in [0.2, 0.25) is 0 Å². The fourth-order valence-corrected chi connectivity index (χ4v) is 2.13. The number of aromatic nitrogens is 2. The molecule has 0 saturated heterocycles. The third kappa shape index (κ3) is 4.07. The molecule has 0 fully saturated rings. The average Bonchev–Trinajstić information content (AvgIpc) is 3.01. The van der Waals surface area contributed by atoms with Crippen LogP contribution in [0.1, 0.15) is 10.5 Å². The van der Waals surface area contributed by atoms with E-state index in [1.54, 1.807) is 25.3 Å². The molecule has 0 aliphatic heterocycles. The highest BCUT2D eigenvalue weighted by Gasteiger charge is 2.18. The molecule has 2 N–H and O–H groups in total. The molecule has 0 saturated carbocycles. The molecule has 1 aromatic heterocycles. The van der Waals surface area contributed by atoms with Crippen molar-refractivity contribution in [2.75, 3.05) is 33.4 Å². The Labute approximate surface area is 133 Å². The summed E-state index contributed by atoms with van der Waals surface area (Å²) in [4.78, 5) is 13.9. The molecule has 0 aliphatic rings. The molecule has 118 valence electrons. The lowest BCUT2D eigenvalue weighted by atomic mass is 10.1. The van der Waals surface area contributed by atoms with Crippen LogP contribution < -0.4 is 0 Å². The number of methoxy groups -OCH3 is 1. The SMILES string of the molecule is COCCN(CCO)C(=O)c1cc(-c2ccc(Cl)cc2)n[nH]1. The molecule has 0 spiro atoms. The average molecular weight is 324 g/mol. The number of aromatic amines is 1. The summed E-state index contributed by atoms with van der Waals surface area (Å²) < 4.78 is 4.98. The van der Waals surface area contributed by atoms with Crippen LogP contribution in [0.25, 0.3) is 11.3 Å². The summed E-state index contributed by atoms with van der Waals surface area (Å²) >= 11 is 5.86. The van der Waals surface area contributed by atoms with Gasteiger partial charge >= 0.3 is 0 Å². The normalized spacial score (nSPS) is 10.7. The zero-order valence-electron chi connectivity index (χ0n) is 12.3. The van der Waals surface area contributed by atoms with E-state index >= 15 is 0 Å². The number of hydrogen-bond acceptors (Lipinski definition) is 4. The van der Waals surface area contributed by atoms with Crippen LogP contribution >= 0.6 is 11.6 Å². The maximum Gasteiger partial charge on any atom is 0.272 e. The molecule has 2 rings (SSSR count). The topological polar surface area (TPSA) is 78.5 Å². The van der Waals surface area contributed by atoms with Crippen molar-refractivity contribution in [1.29, 1.82) is 0 Å². The molecule has 22 heavy (non-hydrogen) atoms. The monoisotopic (exact) mass is 323 g/mol. The first kappa shape index (κ1) is 16.5. The lowest BCUT2D eigenvalue weighted by molar-refractivity contribution is 0.0651. The first-order valence-corrected chi connectivity index (χ1v) is 7.24. The molecule has 0 aliphatic carbocycles. The van der Waals surface area contributed by atoms with Crippen LogP contribution in [-0.4, -0.2) is 59.5 Å². The van der Waals surface area contributed by atoms with Crippen molar-refractivity contribution in [2.24, 2.45) is 0 Å². The summed E-state index contributed by atoms with van der Waals surface area (Å²) in [5, 5.41) is 16.6. The number of aliphatic hydroxyl groups is 1. The Balaban J connectivity index is 2.14. The number of benzene rings is 1. The Morgan fingerprint density at radius 2 is 2.09 bits per heavy atom. The minimum Gasteiger partial charge on any atom is -0.395 e. The third-order valence-corrected chi connectivity index (χ3v) is 3.42. The zero-order valence-corrected chi connectivity index (χ0v) is 13.0. The second kappa shape index (κ2) is 7.93. The number of ether oxygens (including phenoxy) is 1. The second-order valence-corrected chi connectivity index (χ2v) is 5.12. The Hall–Kier alpha value is -1.89. The van der Waals surface area contributed by atoms with E-state index in [0.717, 1.165) is 5.56 Å². The first-order chi connectivity index (χ1) is 10.7. The molecule has 6 nitrogen and oxygen atoms in total. The van der Waals surface area contributed by atoms with E-state index in [0.29, 0.717) is 29.6 Å². The van der Waals surface area contributed by atoms with Crippen LogP contribution in [-0.2, 0) is 4.74 Å². The first-order valence-electron chi connectivity index (χ1n) is 6.86. The molecule has 0 unspecified atom stereocenters. The molecule has 1 aromatic carbocycles. The Morgan fingerprint density at radius 1 is 1.36 bits per heavy atom. The van der Waals surface area contributed by atoms with Gasteiger partial charge in [0.05, 0.1) is 18.9 Å². The van der Waals surface area contributed by atoms with Gasteiger partial charge in [0.1, 0.15) is 5.69 Å². The number of amides is 1. The van der Waals surface area contributed by atoms with Gasteiger partial charge in [-0.15, -0.1) is 0 Å². The molecular weight excluding hydrogens is 306 g/mol. The van der Waals surface area contributed by atoms with Crippen molar-refractivity contribution in [3.05, 3.63) is 41.0 Å². The Bertz CT molecular complexity index is 613. The van der Waals surface area contributed by atoms with E-state index in [1.165, 1.54) is 4.90 Å². The summed E-state index contributed by atoms with van der Waals surface area (Å²) in [5.74, 6) is -0.223. The van der Waals surface area contributed by atoms with Gasteiger partial charge in [-0.2, -0.15) is 5.10 Å². The number of nitrogens with zero attached hydrogens (tertiary/aromatic N) is 2. The number of aliphatic hydroxyl groups excluding tert-OH is 1. The second-order valence-electron chi connectivity index (χ2n) is 4.68. The number of hydrogen-bond donors (Lipinski definition) is 2. The Kier molecular flexibility index (Phi) is 5.94. The fraction of sp³-hybridized carbons (Fsp3) is 0.333. The number of rotatable bonds is 7. The maximum atomic E-state index is 12.4. The van der Waals surface area contributed by atoms with E-state index < -0.39 is 0 Å². The van der Waals surface area contributed by atoms with Gasteiger partial charge in [-0.05, 0) is 18.2 Å². The highest BCUT2D eigenvalue weighted by molar-refractivity contribution is 6.30. The molecule has 0 radical (unpaired) electrons. The minimum atomic E-state index is -0.223. The number of carbonyl (C=O) groups is 1. The highest BCUT2D eigenvalue weighted by atomic mass is 35.5. The third-order valence-electron chi connectivity index (χ3n) is 3.17. The van der Waals surface area contributed by atoms with E-state index in [2.05, 4.69) is 10.2 Å². The lowest BCUT2D eigenvalue weighted by Gasteiger charge is -2.20. The predicted molar refractivity (Wildman–Crippen MR) is 83.9 cm³/mol. The molecule has 1 heterocycles. The molecule has 0 bridgehead atoms. The summed E-state index contributed by atoms with van der Waals surface area (Å²) in [7, 11) is 1.57. The van der Waals surface area contributed by atoms with Crippen molar-refractivity contribution >= 4 is 17.5 Å². The van der Waals surface area contributed by atoms with Gasteiger partial charge in [-0.25, -0.2) is 0 Å². The number of nitrogens with one attached hydrogen (secondary N) is 1. The van der Waals surface area contributed by atoms with E-state index in [1.807, 2.05) is 12.1 Å². The molecule has 7 heteroatoms. The molecular formula is C15H18ClN3O3. The van der Waals surface area contributed by atoms with Crippen LogP contribution in [0.2, 0.25) is 5.02 Å². The molecule has 1 amide bonds. The van der Waals surface area contributed by atoms with Crippen molar-refractivity contribution in [1.82, 2.24) is 15.1 Å². The number of carbonyl (C=O) groups excluding carboxylic acids is 1. The number of halogens is 1. The van der Waals surface area contributed by atoms with Gasteiger partial charge in [0.15, 0.2) is 0 Å². The van der Waals surface area contributed by atoms with E-state index in [9.17, 15) is 4.79 Å². The predicted octanol–water partition coefficient (Wildman–Crippen LogP) is 1.81. The standard InChI is InChI=1S/C15H18ClN3O3/c1-22-9-7-19(6-8-20)15(21)14-10-13(17-18-14)11-2-4-12(16)5-3-11/h2-5,10,20H,6-9H2,1H3,(H,17,18). The van der Waals surface area contributed by atoms with Crippen molar-refractivity contribution in [3.8, 4) is 11.3 Å². The van der Waals surface area contributed by atoms with E-state index in [4.69, 9.17) is 21.4 Å². The van der Waals surface area contributed by atoms with E-state index in [-0.39, 0.29) is 19.1 Å². The maximum absolute atomic E-state index is 12.4. The van der Waals surface area contributed by atoms with Crippen LogP contribution in [0.5, 0.6) is 0 Å². The quantitative estimate of drug-likeness (QED) is 0.814. The van der Waals surface area contributed by atoms with Crippen LogP contribution in [0.4, 0.5) is 0 Å². The van der Waals surface area contributed by atoms with Crippen molar-refractivity contribution in [2.45, 2.75) is 0 Å². The van der Waals surface area contributed by atoms with Gasteiger partial charge in [-0.3, -0.25) is 9.89 Å². The van der Waals surface area contributed by atoms with Crippen LogP contribution in [0.3, 0.4) is 0 Å². The largest absolute Gasteiger partial charge is 0.395 e. The summed E-state index contributed by atoms with van der Waals surface area (Å²) in [6, 6.07) is 8.89. The van der Waals surface area contributed by atoms with Crippen LogP contribution in [0, 0.1) is 0 Å². The summed E-state index contributed by atoms with van der Waals surface area (Å²) in [5.41, 5.74) is 1.90. The van der Waals surface area contributed by atoms with Gasteiger partial charge < -0.3 is 14.7 Å². The van der Waals surface area contributed by atoms with Gasteiger partial charge in [0.25, 0.3) is 5.91 Å². The summed E-state index contributed by atoms with van der Waals surface area (Å²) in [6.45, 7) is 0.959. The smallest absolute Gasteiger partial charge is 0.272 e. The highest BCUT2D eigenvalue weighted by Crippen LogP contribution is 2.20.